The van der Waals surface area contributed by atoms with Crippen molar-refractivity contribution in [3.63, 3.8) is 0 Å². The van der Waals surface area contributed by atoms with E-state index in [-0.39, 0.29) is 11.7 Å². The van der Waals surface area contributed by atoms with Crippen LogP contribution < -0.4 is 4.90 Å². The fourth-order valence-corrected chi connectivity index (χ4v) is 4.50. The van der Waals surface area contributed by atoms with E-state index in [2.05, 4.69) is 9.97 Å². The maximum atomic E-state index is 13.7. The van der Waals surface area contributed by atoms with Crippen molar-refractivity contribution in [3.05, 3.63) is 102 Å². The maximum Gasteiger partial charge on any atom is 0.278 e. The summed E-state index contributed by atoms with van der Waals surface area (Å²) in [5.41, 5.74) is 3.43. The first kappa shape index (κ1) is 22.6. The number of halogens is 1. The van der Waals surface area contributed by atoms with Crippen LogP contribution in [0, 0.1) is 5.82 Å². The van der Waals surface area contributed by atoms with Crippen LogP contribution in [-0.2, 0) is 11.2 Å². The molecule has 5 aromatic rings. The molecule has 6 rings (SSSR count). The molecule has 0 unspecified atom stereocenters. The first-order valence-electron chi connectivity index (χ1n) is 11.7. The molecule has 7 nitrogen and oxygen atoms in total. The molecule has 1 amide bonds. The molecule has 8 heteroatoms. The van der Waals surface area contributed by atoms with Gasteiger partial charge in [0.1, 0.15) is 11.5 Å². The Bertz CT molecular complexity index is 1660. The second-order valence-corrected chi connectivity index (χ2v) is 8.57. The number of ether oxygens (including phenoxy) is 1. The monoisotopic (exact) mass is 492 g/mol. The number of fused-ring (bicyclic) bond motifs is 2. The van der Waals surface area contributed by atoms with Gasteiger partial charge in [0, 0.05) is 35.5 Å². The van der Waals surface area contributed by atoms with Gasteiger partial charge in [0.15, 0.2) is 11.6 Å². The lowest BCUT2D eigenvalue weighted by molar-refractivity contribution is 0.0974. The number of benzene rings is 2. The van der Waals surface area contributed by atoms with E-state index >= 15 is 0 Å². The number of hydrogen-bond acceptors (Lipinski definition) is 6. The fraction of sp³-hybridized carbons (Fsp3) is 0.103. The molecule has 0 saturated heterocycles. The van der Waals surface area contributed by atoms with Gasteiger partial charge in [-0.1, -0.05) is 12.1 Å². The molecule has 0 saturated carbocycles. The zero-order chi connectivity index (χ0) is 25.4. The SMILES string of the molecule is CO/C=C/c1nccc2cc(-c3nc(N4CCc5cccnc5C4=O)c(-c4ccc(F)cc4)o3)ccc12. The van der Waals surface area contributed by atoms with Crippen molar-refractivity contribution in [2.24, 2.45) is 0 Å². The number of hydrogen-bond donors (Lipinski definition) is 0. The molecule has 0 radical (unpaired) electrons. The molecule has 0 fully saturated rings. The molecular formula is C29H21FN4O3. The van der Waals surface area contributed by atoms with Gasteiger partial charge in [-0.2, -0.15) is 4.98 Å². The molecule has 0 N–H and O–H groups in total. The van der Waals surface area contributed by atoms with Crippen LogP contribution in [0.4, 0.5) is 10.2 Å². The number of anilines is 1. The normalized spacial score (nSPS) is 13.4. The number of rotatable bonds is 5. The average molecular weight is 493 g/mol. The summed E-state index contributed by atoms with van der Waals surface area (Å²) >= 11 is 0. The van der Waals surface area contributed by atoms with Crippen molar-refractivity contribution in [1.29, 1.82) is 0 Å². The summed E-state index contributed by atoms with van der Waals surface area (Å²) in [7, 11) is 1.58. The lowest BCUT2D eigenvalue weighted by atomic mass is 10.0. The van der Waals surface area contributed by atoms with Gasteiger partial charge < -0.3 is 9.15 Å². The van der Waals surface area contributed by atoms with Crippen LogP contribution in [0.2, 0.25) is 0 Å². The van der Waals surface area contributed by atoms with Crippen LogP contribution in [-0.4, -0.2) is 34.5 Å². The molecule has 1 aliphatic heterocycles. The van der Waals surface area contributed by atoms with Gasteiger partial charge in [0.25, 0.3) is 5.91 Å². The van der Waals surface area contributed by atoms with Gasteiger partial charge in [-0.3, -0.25) is 19.7 Å². The van der Waals surface area contributed by atoms with E-state index in [1.54, 1.807) is 48.9 Å². The number of amides is 1. The van der Waals surface area contributed by atoms with Crippen molar-refractivity contribution < 1.29 is 18.3 Å². The summed E-state index contributed by atoms with van der Waals surface area (Å²) in [6, 6.07) is 17.4. The summed E-state index contributed by atoms with van der Waals surface area (Å²) in [4.78, 5) is 28.5. The zero-order valence-electron chi connectivity index (χ0n) is 19.9. The van der Waals surface area contributed by atoms with E-state index < -0.39 is 0 Å². The van der Waals surface area contributed by atoms with Crippen molar-refractivity contribution in [2.45, 2.75) is 6.42 Å². The Hall–Kier alpha value is -4.85. The number of nitrogens with zero attached hydrogens (tertiary/aromatic N) is 4. The summed E-state index contributed by atoms with van der Waals surface area (Å²) in [6.07, 6.45) is 7.35. The van der Waals surface area contributed by atoms with Crippen LogP contribution in [0.15, 0.2) is 83.7 Å². The smallest absolute Gasteiger partial charge is 0.278 e. The van der Waals surface area contributed by atoms with Gasteiger partial charge in [0.2, 0.25) is 5.89 Å². The zero-order valence-corrected chi connectivity index (χ0v) is 19.9. The van der Waals surface area contributed by atoms with Crippen molar-refractivity contribution in [1.82, 2.24) is 15.0 Å². The van der Waals surface area contributed by atoms with Gasteiger partial charge in [-0.25, -0.2) is 4.39 Å². The molecule has 37 heavy (non-hydrogen) atoms. The summed E-state index contributed by atoms with van der Waals surface area (Å²) in [6.45, 7) is 0.427. The number of pyridine rings is 2. The summed E-state index contributed by atoms with van der Waals surface area (Å²) < 4.78 is 25.0. The van der Waals surface area contributed by atoms with Crippen molar-refractivity contribution in [2.75, 3.05) is 18.6 Å². The minimum absolute atomic E-state index is 0.246. The van der Waals surface area contributed by atoms with Gasteiger partial charge in [-0.15, -0.1) is 0 Å². The van der Waals surface area contributed by atoms with Gasteiger partial charge in [0.05, 0.1) is 19.1 Å². The molecule has 0 atom stereocenters. The number of carbonyl (C=O) groups is 1. The second kappa shape index (κ2) is 9.31. The summed E-state index contributed by atoms with van der Waals surface area (Å²) in [5.74, 6) is 0.507. The third-order valence-electron chi connectivity index (χ3n) is 6.32. The third-order valence-corrected chi connectivity index (χ3v) is 6.32. The number of methoxy groups -OCH3 is 1. The summed E-state index contributed by atoms with van der Waals surface area (Å²) in [5, 5.41) is 1.89. The Balaban J connectivity index is 1.47. The Morgan fingerprint density at radius 1 is 1.03 bits per heavy atom. The molecule has 2 aromatic carbocycles. The minimum Gasteiger partial charge on any atom is -0.504 e. The third kappa shape index (κ3) is 4.12. The Morgan fingerprint density at radius 2 is 1.86 bits per heavy atom. The predicted molar refractivity (Wildman–Crippen MR) is 138 cm³/mol. The van der Waals surface area contributed by atoms with Gasteiger partial charge >= 0.3 is 0 Å². The van der Waals surface area contributed by atoms with E-state index in [1.807, 2.05) is 36.4 Å². The van der Waals surface area contributed by atoms with Gasteiger partial charge in [-0.05, 0) is 72.0 Å². The first-order valence-corrected chi connectivity index (χ1v) is 11.7. The second-order valence-electron chi connectivity index (χ2n) is 8.57. The minimum atomic E-state index is -0.362. The van der Waals surface area contributed by atoms with Crippen LogP contribution in [0.1, 0.15) is 21.7 Å². The molecule has 182 valence electrons. The fourth-order valence-electron chi connectivity index (χ4n) is 4.50. The van der Waals surface area contributed by atoms with Crippen LogP contribution in [0.25, 0.3) is 39.6 Å². The molecule has 0 bridgehead atoms. The van der Waals surface area contributed by atoms with E-state index in [1.165, 1.54) is 12.1 Å². The molecular weight excluding hydrogens is 471 g/mol. The first-order chi connectivity index (χ1) is 18.1. The topological polar surface area (TPSA) is 81.4 Å². The highest BCUT2D eigenvalue weighted by molar-refractivity contribution is 6.08. The average Bonchev–Trinajstić information content (AvgIpc) is 3.37. The van der Waals surface area contributed by atoms with Crippen LogP contribution >= 0.6 is 0 Å². The van der Waals surface area contributed by atoms with E-state index in [0.29, 0.717) is 41.7 Å². The highest BCUT2D eigenvalue weighted by Gasteiger charge is 2.32. The predicted octanol–water partition coefficient (Wildman–Crippen LogP) is 5.91. The lowest BCUT2D eigenvalue weighted by Gasteiger charge is -2.26. The highest BCUT2D eigenvalue weighted by atomic mass is 19.1. The Kier molecular flexibility index (Phi) is 5.69. The van der Waals surface area contributed by atoms with Crippen LogP contribution in [0.3, 0.4) is 0 Å². The van der Waals surface area contributed by atoms with Crippen molar-refractivity contribution in [3.8, 4) is 22.8 Å². The largest absolute Gasteiger partial charge is 0.504 e. The lowest BCUT2D eigenvalue weighted by Crippen LogP contribution is -2.38. The van der Waals surface area contributed by atoms with E-state index in [9.17, 15) is 9.18 Å². The molecule has 0 spiro atoms. The highest BCUT2D eigenvalue weighted by Crippen LogP contribution is 2.38. The van der Waals surface area contributed by atoms with E-state index in [4.69, 9.17) is 14.1 Å². The quantitative estimate of drug-likeness (QED) is 0.284. The number of carbonyl (C=O) groups excluding carboxylic acids is 1. The van der Waals surface area contributed by atoms with E-state index in [0.717, 1.165) is 27.6 Å². The maximum absolute atomic E-state index is 13.7. The number of aromatic nitrogens is 3. The van der Waals surface area contributed by atoms with Crippen molar-refractivity contribution >= 4 is 28.6 Å². The molecule has 1 aliphatic rings. The Morgan fingerprint density at radius 3 is 2.70 bits per heavy atom. The Labute approximate surface area is 211 Å². The standard InChI is InChI=1S/C29H21FN4O3/c1-36-16-12-24-23-9-6-21(17-20(23)10-14-31-24)28-33-27(26(37-28)19-4-7-22(30)8-5-19)34-15-11-18-3-2-13-32-25(18)29(34)35/h2-10,12-14,16-17H,11,15H2,1H3/b16-12+. The molecule has 3 aromatic heterocycles. The van der Waals surface area contributed by atoms with Crippen LogP contribution in [0.5, 0.6) is 0 Å². The number of oxazole rings is 1. The molecule has 0 aliphatic carbocycles. The molecule has 4 heterocycles.